The van der Waals surface area contributed by atoms with Crippen molar-refractivity contribution >= 4 is 17.6 Å². The number of rotatable bonds is 5. The van der Waals surface area contributed by atoms with Gasteiger partial charge in [0.25, 0.3) is 6.01 Å². The normalized spacial score (nSPS) is 16.0. The number of hydrogen-bond acceptors (Lipinski definition) is 3. The molecule has 84 valence electrons. The van der Waals surface area contributed by atoms with E-state index in [9.17, 15) is 0 Å². The molecule has 2 rings (SSSR count). The van der Waals surface area contributed by atoms with Crippen LogP contribution in [0.5, 0.6) is 0 Å². The van der Waals surface area contributed by atoms with Crippen LogP contribution in [0.4, 0.5) is 6.01 Å². The predicted octanol–water partition coefficient (Wildman–Crippen LogP) is 3.04. The highest BCUT2D eigenvalue weighted by Gasteiger charge is 2.32. The van der Waals surface area contributed by atoms with Crippen molar-refractivity contribution in [3.63, 3.8) is 0 Å². The first kappa shape index (κ1) is 10.8. The number of nitrogens with zero attached hydrogens (tertiary/aromatic N) is 2. The van der Waals surface area contributed by atoms with Crippen LogP contribution in [0.2, 0.25) is 0 Å². The number of halogens is 1. The van der Waals surface area contributed by atoms with Crippen molar-refractivity contribution in [1.29, 1.82) is 0 Å². The lowest BCUT2D eigenvalue weighted by molar-refractivity contribution is 0.504. The molecule has 3 nitrogen and oxygen atoms in total. The smallest absolute Gasteiger partial charge is 0.297 e. The molecule has 0 amide bonds. The standard InChI is InChI=1S/C11H17ClN2O/c1-8(2)6-14(10-3-4-10)11-13-9(5-12)7-15-11/h7-8,10H,3-6H2,1-2H3. The van der Waals surface area contributed by atoms with E-state index in [1.54, 1.807) is 6.26 Å². The second-order valence-electron chi connectivity index (χ2n) is 4.53. The molecule has 0 atom stereocenters. The topological polar surface area (TPSA) is 29.3 Å². The molecule has 1 aromatic rings. The lowest BCUT2D eigenvalue weighted by Gasteiger charge is -2.21. The summed E-state index contributed by atoms with van der Waals surface area (Å²) in [5, 5.41) is 0. The van der Waals surface area contributed by atoms with Crippen LogP contribution in [0.3, 0.4) is 0 Å². The molecule has 1 heterocycles. The van der Waals surface area contributed by atoms with E-state index in [-0.39, 0.29) is 0 Å². The maximum absolute atomic E-state index is 5.70. The van der Waals surface area contributed by atoms with Crippen LogP contribution in [-0.4, -0.2) is 17.6 Å². The van der Waals surface area contributed by atoms with Gasteiger partial charge in [-0.2, -0.15) is 4.98 Å². The van der Waals surface area contributed by atoms with E-state index in [1.165, 1.54) is 12.8 Å². The van der Waals surface area contributed by atoms with E-state index in [2.05, 4.69) is 23.7 Å². The highest BCUT2D eigenvalue weighted by atomic mass is 35.5. The molecule has 0 aromatic carbocycles. The number of hydrogen-bond donors (Lipinski definition) is 0. The predicted molar refractivity (Wildman–Crippen MR) is 61.3 cm³/mol. The first-order valence-corrected chi connectivity index (χ1v) is 6.01. The van der Waals surface area contributed by atoms with E-state index in [0.717, 1.165) is 18.3 Å². The van der Waals surface area contributed by atoms with Crippen LogP contribution >= 0.6 is 11.6 Å². The highest BCUT2D eigenvalue weighted by molar-refractivity contribution is 6.16. The molecule has 0 saturated heterocycles. The van der Waals surface area contributed by atoms with Gasteiger partial charge in [0, 0.05) is 12.6 Å². The summed E-state index contributed by atoms with van der Waals surface area (Å²) < 4.78 is 5.45. The van der Waals surface area contributed by atoms with Crippen molar-refractivity contribution in [3.05, 3.63) is 12.0 Å². The second kappa shape index (κ2) is 4.44. The summed E-state index contributed by atoms with van der Waals surface area (Å²) in [5.41, 5.74) is 0.820. The van der Waals surface area contributed by atoms with Crippen molar-refractivity contribution in [2.24, 2.45) is 5.92 Å². The van der Waals surface area contributed by atoms with Gasteiger partial charge in [-0.3, -0.25) is 0 Å². The van der Waals surface area contributed by atoms with Crippen molar-refractivity contribution in [3.8, 4) is 0 Å². The van der Waals surface area contributed by atoms with Gasteiger partial charge in [0.05, 0.1) is 11.6 Å². The molecule has 1 saturated carbocycles. The quantitative estimate of drug-likeness (QED) is 0.726. The molecule has 0 radical (unpaired) electrons. The van der Waals surface area contributed by atoms with Crippen LogP contribution in [0.25, 0.3) is 0 Å². The van der Waals surface area contributed by atoms with Gasteiger partial charge >= 0.3 is 0 Å². The fourth-order valence-electron chi connectivity index (χ4n) is 1.65. The largest absolute Gasteiger partial charge is 0.432 e. The summed E-state index contributed by atoms with van der Waals surface area (Å²) in [7, 11) is 0. The Balaban J connectivity index is 2.09. The summed E-state index contributed by atoms with van der Waals surface area (Å²) in [5.74, 6) is 1.04. The molecule has 4 heteroatoms. The SMILES string of the molecule is CC(C)CN(c1nc(CCl)co1)C1CC1. The van der Waals surface area contributed by atoms with Crippen LogP contribution in [-0.2, 0) is 5.88 Å². The fraction of sp³-hybridized carbons (Fsp3) is 0.727. The minimum atomic E-state index is 0.420. The Kier molecular flexibility index (Phi) is 3.19. The molecule has 0 N–H and O–H groups in total. The van der Waals surface area contributed by atoms with E-state index in [1.807, 2.05) is 0 Å². The summed E-state index contributed by atoms with van der Waals surface area (Å²) in [4.78, 5) is 6.64. The summed E-state index contributed by atoms with van der Waals surface area (Å²) in [6.45, 7) is 5.43. The summed E-state index contributed by atoms with van der Waals surface area (Å²) >= 11 is 5.70. The van der Waals surface area contributed by atoms with Crippen molar-refractivity contribution in [2.75, 3.05) is 11.4 Å². The van der Waals surface area contributed by atoms with E-state index >= 15 is 0 Å². The molecule has 15 heavy (non-hydrogen) atoms. The van der Waals surface area contributed by atoms with E-state index in [0.29, 0.717) is 17.8 Å². The Morgan fingerprint density at radius 1 is 1.60 bits per heavy atom. The molecule has 0 spiro atoms. The third kappa shape index (κ3) is 2.65. The van der Waals surface area contributed by atoms with Gasteiger partial charge in [-0.05, 0) is 18.8 Å². The fourth-order valence-corrected chi connectivity index (χ4v) is 1.78. The third-order valence-corrected chi connectivity index (χ3v) is 2.75. The Hall–Kier alpha value is -0.700. The lowest BCUT2D eigenvalue weighted by Crippen LogP contribution is -2.30. The zero-order valence-electron chi connectivity index (χ0n) is 9.24. The summed E-state index contributed by atoms with van der Waals surface area (Å²) in [6.07, 6.45) is 4.16. The van der Waals surface area contributed by atoms with Gasteiger partial charge in [-0.1, -0.05) is 13.8 Å². The Morgan fingerprint density at radius 2 is 2.33 bits per heavy atom. The van der Waals surface area contributed by atoms with Crippen LogP contribution < -0.4 is 4.90 Å². The average molecular weight is 229 g/mol. The maximum Gasteiger partial charge on any atom is 0.297 e. The molecular weight excluding hydrogens is 212 g/mol. The van der Waals surface area contributed by atoms with Gasteiger partial charge in [0.1, 0.15) is 6.26 Å². The van der Waals surface area contributed by atoms with Crippen molar-refractivity contribution in [1.82, 2.24) is 4.98 Å². The second-order valence-corrected chi connectivity index (χ2v) is 4.80. The van der Waals surface area contributed by atoms with Crippen LogP contribution in [0, 0.1) is 5.92 Å². The molecule has 1 fully saturated rings. The number of alkyl halides is 1. The van der Waals surface area contributed by atoms with Crippen molar-refractivity contribution in [2.45, 2.75) is 38.6 Å². The van der Waals surface area contributed by atoms with Crippen LogP contribution in [0.1, 0.15) is 32.4 Å². The molecule has 0 aliphatic heterocycles. The lowest BCUT2D eigenvalue weighted by atomic mass is 10.2. The number of anilines is 1. The highest BCUT2D eigenvalue weighted by Crippen LogP contribution is 2.31. The van der Waals surface area contributed by atoms with Crippen LogP contribution in [0.15, 0.2) is 10.7 Å². The Labute approximate surface area is 95.4 Å². The molecule has 0 unspecified atom stereocenters. The monoisotopic (exact) mass is 228 g/mol. The number of aromatic nitrogens is 1. The molecule has 0 bridgehead atoms. The van der Waals surface area contributed by atoms with E-state index < -0.39 is 0 Å². The maximum atomic E-state index is 5.70. The van der Waals surface area contributed by atoms with Gasteiger partial charge in [-0.25, -0.2) is 0 Å². The van der Waals surface area contributed by atoms with E-state index in [4.69, 9.17) is 16.0 Å². The molecule has 1 aliphatic carbocycles. The zero-order chi connectivity index (χ0) is 10.8. The Morgan fingerprint density at radius 3 is 2.80 bits per heavy atom. The molecule has 1 aromatic heterocycles. The minimum absolute atomic E-state index is 0.420. The molecule has 1 aliphatic rings. The first-order chi connectivity index (χ1) is 7.20. The van der Waals surface area contributed by atoms with Crippen molar-refractivity contribution < 1.29 is 4.42 Å². The average Bonchev–Trinajstić information content (AvgIpc) is 2.92. The molecular formula is C11H17ClN2O. The van der Waals surface area contributed by atoms with Gasteiger partial charge < -0.3 is 9.32 Å². The first-order valence-electron chi connectivity index (χ1n) is 5.47. The Bertz CT molecular complexity index is 320. The van der Waals surface area contributed by atoms with Gasteiger partial charge in [0.15, 0.2) is 0 Å². The zero-order valence-corrected chi connectivity index (χ0v) is 10.00. The number of oxazole rings is 1. The van der Waals surface area contributed by atoms with Gasteiger partial charge in [0.2, 0.25) is 0 Å². The minimum Gasteiger partial charge on any atom is -0.432 e. The third-order valence-electron chi connectivity index (χ3n) is 2.47. The van der Waals surface area contributed by atoms with Gasteiger partial charge in [-0.15, -0.1) is 11.6 Å². The summed E-state index contributed by atoms with van der Waals surface area (Å²) in [6, 6.07) is 1.37.